The van der Waals surface area contributed by atoms with Crippen molar-refractivity contribution >= 4 is 22.6 Å². The highest BCUT2D eigenvalue weighted by Crippen LogP contribution is 2.25. The maximum Gasteiger partial charge on any atom is 0.160 e. The molecule has 3 nitrogen and oxygen atoms in total. The molecule has 4 heteroatoms. The van der Waals surface area contributed by atoms with Crippen molar-refractivity contribution in [2.24, 2.45) is 5.92 Å². The van der Waals surface area contributed by atoms with Gasteiger partial charge in [0.1, 0.15) is 0 Å². The van der Waals surface area contributed by atoms with E-state index >= 15 is 0 Å². The van der Waals surface area contributed by atoms with Crippen molar-refractivity contribution in [1.29, 1.82) is 5.26 Å². The highest BCUT2D eigenvalue weighted by atomic mass is 32.1. The van der Waals surface area contributed by atoms with Crippen LogP contribution in [0.5, 0.6) is 0 Å². The SMILES string of the molecule is CCN(CC(C)C#N)c1ccc(C=O)s1. The average Bonchev–Trinajstić information content (AvgIpc) is 2.73. The van der Waals surface area contributed by atoms with Crippen LogP contribution in [0.4, 0.5) is 5.00 Å². The first-order chi connectivity index (χ1) is 7.21. The maximum atomic E-state index is 10.5. The molecule has 0 bridgehead atoms. The molecule has 0 radical (unpaired) electrons. The second kappa shape index (κ2) is 5.52. The highest BCUT2D eigenvalue weighted by molar-refractivity contribution is 7.17. The summed E-state index contributed by atoms with van der Waals surface area (Å²) in [5, 5.41) is 9.81. The Bertz CT molecular complexity index is 367. The third kappa shape index (κ3) is 3.07. The minimum Gasteiger partial charge on any atom is -0.362 e. The second-order valence-corrected chi connectivity index (χ2v) is 4.46. The Hall–Kier alpha value is -1.34. The number of nitriles is 1. The summed E-state index contributed by atoms with van der Waals surface area (Å²) in [5.74, 6) is 0.00623. The lowest BCUT2D eigenvalue weighted by Gasteiger charge is -2.21. The summed E-state index contributed by atoms with van der Waals surface area (Å²) in [6, 6.07) is 5.96. The average molecular weight is 222 g/mol. The van der Waals surface area contributed by atoms with Gasteiger partial charge in [-0.2, -0.15) is 5.26 Å². The van der Waals surface area contributed by atoms with Crippen molar-refractivity contribution in [3.63, 3.8) is 0 Å². The van der Waals surface area contributed by atoms with E-state index in [9.17, 15) is 4.79 Å². The number of carbonyl (C=O) groups is 1. The lowest BCUT2D eigenvalue weighted by atomic mass is 10.2. The molecule has 1 heterocycles. The fourth-order valence-electron chi connectivity index (χ4n) is 1.32. The number of hydrogen-bond acceptors (Lipinski definition) is 4. The first kappa shape index (κ1) is 11.7. The molecule has 0 N–H and O–H groups in total. The summed E-state index contributed by atoms with van der Waals surface area (Å²) < 4.78 is 0. The first-order valence-corrected chi connectivity index (χ1v) is 5.72. The molecule has 0 saturated carbocycles. The quantitative estimate of drug-likeness (QED) is 0.719. The molecule has 1 aromatic heterocycles. The molecule has 0 aliphatic rings. The molecule has 1 atom stereocenters. The lowest BCUT2D eigenvalue weighted by molar-refractivity contribution is 0.112. The molecule has 1 aromatic rings. The minimum atomic E-state index is 0.00623. The number of rotatable bonds is 5. The van der Waals surface area contributed by atoms with E-state index in [2.05, 4.69) is 11.0 Å². The van der Waals surface area contributed by atoms with Crippen molar-refractivity contribution in [2.45, 2.75) is 13.8 Å². The Morgan fingerprint density at radius 2 is 2.40 bits per heavy atom. The van der Waals surface area contributed by atoms with Crippen molar-refractivity contribution in [3.8, 4) is 6.07 Å². The summed E-state index contributed by atoms with van der Waals surface area (Å²) in [5.41, 5.74) is 0. The summed E-state index contributed by atoms with van der Waals surface area (Å²) in [4.78, 5) is 13.4. The third-order valence-corrected chi connectivity index (χ3v) is 3.21. The van der Waals surface area contributed by atoms with Gasteiger partial charge < -0.3 is 4.90 Å². The van der Waals surface area contributed by atoms with Crippen molar-refractivity contribution in [2.75, 3.05) is 18.0 Å². The zero-order valence-electron chi connectivity index (χ0n) is 8.93. The highest BCUT2D eigenvalue weighted by Gasteiger charge is 2.10. The van der Waals surface area contributed by atoms with E-state index in [1.165, 1.54) is 11.3 Å². The number of aldehydes is 1. The van der Waals surface area contributed by atoms with Gasteiger partial charge in [-0.3, -0.25) is 4.79 Å². The number of thiophene rings is 1. The van der Waals surface area contributed by atoms with Crippen LogP contribution >= 0.6 is 11.3 Å². The van der Waals surface area contributed by atoms with Crippen molar-refractivity contribution in [3.05, 3.63) is 17.0 Å². The molecule has 0 aromatic carbocycles. The topological polar surface area (TPSA) is 44.1 Å². The Kier molecular flexibility index (Phi) is 4.32. The summed E-state index contributed by atoms with van der Waals surface area (Å²) in [7, 11) is 0. The van der Waals surface area contributed by atoms with E-state index in [1.807, 2.05) is 26.0 Å². The van der Waals surface area contributed by atoms with Crippen molar-refractivity contribution in [1.82, 2.24) is 0 Å². The van der Waals surface area contributed by atoms with Gasteiger partial charge in [-0.05, 0) is 26.0 Å². The summed E-state index contributed by atoms with van der Waals surface area (Å²) >= 11 is 1.47. The van der Waals surface area contributed by atoms with Gasteiger partial charge in [0.05, 0.1) is 21.9 Å². The Morgan fingerprint density at radius 1 is 1.67 bits per heavy atom. The third-order valence-electron chi connectivity index (χ3n) is 2.14. The molecule has 80 valence electrons. The van der Waals surface area contributed by atoms with Gasteiger partial charge in [0.15, 0.2) is 6.29 Å². The Morgan fingerprint density at radius 3 is 2.87 bits per heavy atom. The summed E-state index contributed by atoms with van der Waals surface area (Å²) in [6.45, 7) is 5.51. The van der Waals surface area contributed by atoms with Crippen LogP contribution in [-0.2, 0) is 0 Å². The summed E-state index contributed by atoms with van der Waals surface area (Å²) in [6.07, 6.45) is 0.857. The molecular weight excluding hydrogens is 208 g/mol. The number of carbonyl (C=O) groups excluding carboxylic acids is 1. The second-order valence-electron chi connectivity index (χ2n) is 3.36. The van der Waals surface area contributed by atoms with Crippen LogP contribution in [0.3, 0.4) is 0 Å². The van der Waals surface area contributed by atoms with Crippen LogP contribution in [0, 0.1) is 17.2 Å². The smallest absolute Gasteiger partial charge is 0.160 e. The molecule has 1 unspecified atom stereocenters. The monoisotopic (exact) mass is 222 g/mol. The fourth-order valence-corrected chi connectivity index (χ4v) is 2.22. The fraction of sp³-hybridized carbons (Fsp3) is 0.455. The van der Waals surface area contributed by atoms with E-state index in [0.29, 0.717) is 6.54 Å². The minimum absolute atomic E-state index is 0.00623. The van der Waals surface area contributed by atoms with E-state index < -0.39 is 0 Å². The Balaban J connectivity index is 2.74. The van der Waals surface area contributed by atoms with Gasteiger partial charge >= 0.3 is 0 Å². The van der Waals surface area contributed by atoms with E-state index in [0.717, 1.165) is 22.7 Å². The van der Waals surface area contributed by atoms with Crippen LogP contribution < -0.4 is 4.90 Å². The van der Waals surface area contributed by atoms with Crippen LogP contribution in [0.2, 0.25) is 0 Å². The molecule has 1 rings (SSSR count). The van der Waals surface area contributed by atoms with Crippen LogP contribution in [0.15, 0.2) is 12.1 Å². The van der Waals surface area contributed by atoms with Crippen LogP contribution in [0.1, 0.15) is 23.5 Å². The predicted octanol–water partition coefficient (Wildman–Crippen LogP) is 2.55. The van der Waals surface area contributed by atoms with Crippen LogP contribution in [0.25, 0.3) is 0 Å². The lowest BCUT2D eigenvalue weighted by Crippen LogP contribution is -2.26. The van der Waals surface area contributed by atoms with Gasteiger partial charge in [-0.15, -0.1) is 11.3 Å². The van der Waals surface area contributed by atoms with Gasteiger partial charge in [0.25, 0.3) is 0 Å². The van der Waals surface area contributed by atoms with E-state index in [4.69, 9.17) is 5.26 Å². The molecule has 0 aliphatic heterocycles. The van der Waals surface area contributed by atoms with Crippen LogP contribution in [-0.4, -0.2) is 19.4 Å². The predicted molar refractivity (Wildman–Crippen MR) is 62.4 cm³/mol. The van der Waals surface area contributed by atoms with E-state index in [-0.39, 0.29) is 5.92 Å². The molecule has 0 saturated heterocycles. The molecule has 0 amide bonds. The van der Waals surface area contributed by atoms with Gasteiger partial charge in [-0.1, -0.05) is 0 Å². The first-order valence-electron chi connectivity index (χ1n) is 4.90. The molecule has 0 aliphatic carbocycles. The standard InChI is InChI=1S/C11H14N2OS/c1-3-13(7-9(2)6-12)11-5-4-10(8-14)15-11/h4-5,8-9H,3,7H2,1-2H3. The number of hydrogen-bond donors (Lipinski definition) is 0. The normalized spacial score (nSPS) is 11.8. The molecular formula is C11H14N2OS. The zero-order chi connectivity index (χ0) is 11.3. The van der Waals surface area contributed by atoms with Gasteiger partial charge in [0, 0.05) is 13.1 Å². The number of nitrogens with zero attached hydrogens (tertiary/aromatic N) is 2. The molecule has 0 fully saturated rings. The molecule has 0 spiro atoms. The Labute approximate surface area is 93.9 Å². The van der Waals surface area contributed by atoms with Crippen molar-refractivity contribution < 1.29 is 4.79 Å². The van der Waals surface area contributed by atoms with E-state index in [1.54, 1.807) is 0 Å². The van der Waals surface area contributed by atoms with Gasteiger partial charge in [-0.25, -0.2) is 0 Å². The zero-order valence-corrected chi connectivity index (χ0v) is 9.75. The number of anilines is 1. The largest absolute Gasteiger partial charge is 0.362 e. The molecule has 15 heavy (non-hydrogen) atoms. The van der Waals surface area contributed by atoms with Gasteiger partial charge in [0.2, 0.25) is 0 Å². The maximum absolute atomic E-state index is 10.5.